The number of nitrogens with zero attached hydrogens (tertiary/aromatic N) is 2. The largest absolute Gasteiger partial charge is 0.346 e. The van der Waals surface area contributed by atoms with Gasteiger partial charge in [-0.2, -0.15) is 10.1 Å². The average Bonchev–Trinajstić information content (AvgIpc) is 2.63. The molecule has 0 aliphatic rings. The topological polar surface area (TPSA) is 87.2 Å². The summed E-state index contributed by atoms with van der Waals surface area (Å²) in [7, 11) is 0. The van der Waals surface area contributed by atoms with E-state index in [1.807, 2.05) is 24.3 Å². The third-order valence-corrected chi connectivity index (χ3v) is 3.68. The van der Waals surface area contributed by atoms with Crippen molar-refractivity contribution in [1.29, 1.82) is 0 Å². The maximum Gasteiger partial charge on any atom is 0.346 e. The van der Waals surface area contributed by atoms with E-state index in [-0.39, 0.29) is 5.69 Å². The normalized spacial score (nSPS) is 10.8. The van der Waals surface area contributed by atoms with E-state index in [0.717, 1.165) is 5.56 Å². The summed E-state index contributed by atoms with van der Waals surface area (Å²) in [5.41, 5.74) is 3.62. The molecule has 2 aromatic carbocycles. The van der Waals surface area contributed by atoms with Gasteiger partial charge in [-0.05, 0) is 12.1 Å². The summed E-state index contributed by atoms with van der Waals surface area (Å²) in [6.45, 7) is 0. The van der Waals surface area contributed by atoms with Crippen LogP contribution in [-0.4, -0.2) is 22.1 Å². The second-order valence-electron chi connectivity index (χ2n) is 5.07. The highest BCUT2D eigenvalue weighted by atomic mass is 35.5. The predicted molar refractivity (Wildman–Crippen MR) is 96.8 cm³/mol. The minimum Gasteiger partial charge on any atom is -0.301 e. The highest BCUT2D eigenvalue weighted by Crippen LogP contribution is 2.15. The highest BCUT2D eigenvalue weighted by molar-refractivity contribution is 6.33. The number of benzene rings is 2. The number of amides is 1. The number of hydrogen-bond acceptors (Lipinski definition) is 4. The molecule has 0 saturated carbocycles. The molecule has 1 aromatic heterocycles. The Morgan fingerprint density at radius 1 is 1.12 bits per heavy atom. The molecule has 7 heteroatoms. The molecule has 0 bridgehead atoms. The molecule has 0 fully saturated rings. The molecule has 25 heavy (non-hydrogen) atoms. The van der Waals surface area contributed by atoms with Gasteiger partial charge in [0.05, 0.1) is 11.9 Å². The van der Waals surface area contributed by atoms with Crippen LogP contribution < -0.4 is 11.1 Å². The number of aromatic amines is 1. The van der Waals surface area contributed by atoms with Crippen LogP contribution in [0.15, 0.2) is 70.6 Å². The summed E-state index contributed by atoms with van der Waals surface area (Å²) in [4.78, 5) is 30.2. The van der Waals surface area contributed by atoms with Gasteiger partial charge >= 0.3 is 5.69 Å². The van der Waals surface area contributed by atoms with Crippen molar-refractivity contribution in [3.8, 4) is 11.3 Å². The lowest BCUT2D eigenvalue weighted by atomic mass is 10.1. The molecular weight excluding hydrogens is 340 g/mol. The van der Waals surface area contributed by atoms with E-state index in [9.17, 15) is 9.59 Å². The third-order valence-electron chi connectivity index (χ3n) is 3.33. The number of hydrazone groups is 1. The number of aromatic nitrogens is 2. The number of rotatable bonds is 4. The van der Waals surface area contributed by atoms with E-state index in [1.165, 1.54) is 12.3 Å². The SMILES string of the molecule is O=C(N/N=C/c1ccccc1Cl)c1cc(-c2ccccc2)nc(=O)[nH]1. The number of halogens is 1. The maximum absolute atomic E-state index is 12.2. The zero-order valence-electron chi connectivity index (χ0n) is 12.9. The van der Waals surface area contributed by atoms with Crippen molar-refractivity contribution < 1.29 is 4.79 Å². The monoisotopic (exact) mass is 352 g/mol. The minimum atomic E-state index is -0.610. The van der Waals surface area contributed by atoms with Crippen LogP contribution in [-0.2, 0) is 0 Å². The van der Waals surface area contributed by atoms with E-state index >= 15 is 0 Å². The standard InChI is InChI=1S/C18H13ClN4O2/c19-14-9-5-4-8-13(14)11-20-23-17(24)16-10-15(21-18(25)22-16)12-6-2-1-3-7-12/h1-11H,(H,23,24)(H,21,22,25)/b20-11+. The molecule has 1 amide bonds. The zero-order valence-corrected chi connectivity index (χ0v) is 13.7. The Morgan fingerprint density at radius 2 is 1.84 bits per heavy atom. The van der Waals surface area contributed by atoms with Crippen LogP contribution in [0, 0.1) is 0 Å². The van der Waals surface area contributed by atoms with Gasteiger partial charge in [-0.15, -0.1) is 0 Å². The second kappa shape index (κ2) is 7.55. The second-order valence-corrected chi connectivity index (χ2v) is 5.48. The number of hydrogen-bond donors (Lipinski definition) is 2. The van der Waals surface area contributed by atoms with Gasteiger partial charge in [0.15, 0.2) is 0 Å². The lowest BCUT2D eigenvalue weighted by Crippen LogP contribution is -2.24. The Labute approximate surface area is 148 Å². The average molecular weight is 353 g/mol. The van der Waals surface area contributed by atoms with Gasteiger partial charge < -0.3 is 4.98 Å². The lowest BCUT2D eigenvalue weighted by molar-refractivity contribution is 0.0949. The van der Waals surface area contributed by atoms with E-state index in [0.29, 0.717) is 16.3 Å². The van der Waals surface area contributed by atoms with Crippen molar-refractivity contribution in [2.75, 3.05) is 0 Å². The Hall–Kier alpha value is -3.25. The summed E-state index contributed by atoms with van der Waals surface area (Å²) >= 11 is 6.01. The molecule has 0 atom stereocenters. The first-order valence-corrected chi connectivity index (χ1v) is 7.76. The molecule has 0 aliphatic carbocycles. The lowest BCUT2D eigenvalue weighted by Gasteiger charge is -2.03. The number of H-pyrrole nitrogens is 1. The number of carbonyl (C=O) groups is 1. The highest BCUT2D eigenvalue weighted by Gasteiger charge is 2.10. The van der Waals surface area contributed by atoms with Gasteiger partial charge in [0.1, 0.15) is 5.69 Å². The molecule has 0 unspecified atom stereocenters. The predicted octanol–water partition coefficient (Wildman–Crippen LogP) is 2.85. The van der Waals surface area contributed by atoms with Crippen molar-refractivity contribution in [2.45, 2.75) is 0 Å². The van der Waals surface area contributed by atoms with Gasteiger partial charge in [0.2, 0.25) is 0 Å². The number of nitrogens with one attached hydrogen (secondary N) is 2. The summed E-state index contributed by atoms with van der Waals surface area (Å²) < 4.78 is 0. The molecular formula is C18H13ClN4O2. The van der Waals surface area contributed by atoms with Crippen LogP contribution in [0.25, 0.3) is 11.3 Å². The number of carbonyl (C=O) groups excluding carboxylic acids is 1. The Balaban J connectivity index is 1.80. The molecule has 0 radical (unpaired) electrons. The van der Waals surface area contributed by atoms with Crippen LogP contribution in [0.3, 0.4) is 0 Å². The Kier molecular flexibility index (Phi) is 5.01. The molecule has 1 heterocycles. The van der Waals surface area contributed by atoms with E-state index < -0.39 is 11.6 Å². The molecule has 124 valence electrons. The Bertz CT molecular complexity index is 984. The van der Waals surface area contributed by atoms with Gasteiger partial charge in [0.25, 0.3) is 5.91 Å². The van der Waals surface area contributed by atoms with Gasteiger partial charge in [-0.3, -0.25) is 4.79 Å². The van der Waals surface area contributed by atoms with Crippen molar-refractivity contribution in [3.05, 3.63) is 87.4 Å². The van der Waals surface area contributed by atoms with Crippen LogP contribution in [0.1, 0.15) is 16.1 Å². The summed E-state index contributed by atoms with van der Waals surface area (Å²) in [5, 5.41) is 4.38. The fraction of sp³-hybridized carbons (Fsp3) is 0. The fourth-order valence-electron chi connectivity index (χ4n) is 2.14. The Morgan fingerprint density at radius 3 is 2.60 bits per heavy atom. The van der Waals surface area contributed by atoms with Crippen molar-refractivity contribution in [2.24, 2.45) is 5.10 Å². The van der Waals surface area contributed by atoms with E-state index in [1.54, 1.807) is 30.3 Å². The maximum atomic E-state index is 12.2. The van der Waals surface area contributed by atoms with Crippen molar-refractivity contribution in [1.82, 2.24) is 15.4 Å². The molecule has 0 aliphatic heterocycles. The van der Waals surface area contributed by atoms with Crippen LogP contribution in [0.5, 0.6) is 0 Å². The van der Waals surface area contributed by atoms with Gasteiger partial charge in [-0.1, -0.05) is 60.1 Å². The van der Waals surface area contributed by atoms with Crippen molar-refractivity contribution in [3.63, 3.8) is 0 Å². The summed E-state index contributed by atoms with van der Waals surface area (Å²) in [6.07, 6.45) is 1.43. The molecule has 2 N–H and O–H groups in total. The molecule has 6 nitrogen and oxygen atoms in total. The van der Waals surface area contributed by atoms with Gasteiger partial charge in [-0.25, -0.2) is 10.2 Å². The molecule has 0 spiro atoms. The summed E-state index contributed by atoms with van der Waals surface area (Å²) in [5.74, 6) is -0.556. The first kappa shape index (κ1) is 16.6. The first-order valence-electron chi connectivity index (χ1n) is 7.38. The minimum absolute atomic E-state index is 0.0650. The van der Waals surface area contributed by atoms with Crippen LogP contribution in [0.2, 0.25) is 5.02 Å². The molecule has 3 aromatic rings. The van der Waals surface area contributed by atoms with Crippen LogP contribution >= 0.6 is 11.6 Å². The quantitative estimate of drug-likeness (QED) is 0.559. The summed E-state index contributed by atoms with van der Waals surface area (Å²) in [6, 6.07) is 17.7. The molecule has 0 saturated heterocycles. The van der Waals surface area contributed by atoms with E-state index in [2.05, 4.69) is 20.5 Å². The van der Waals surface area contributed by atoms with Crippen molar-refractivity contribution >= 4 is 23.7 Å². The molecule has 3 rings (SSSR count). The third kappa shape index (κ3) is 4.19. The smallest absolute Gasteiger partial charge is 0.301 e. The van der Waals surface area contributed by atoms with E-state index in [4.69, 9.17) is 11.6 Å². The van der Waals surface area contributed by atoms with Crippen LogP contribution in [0.4, 0.5) is 0 Å². The first-order chi connectivity index (χ1) is 12.1. The zero-order chi connectivity index (χ0) is 17.6. The van der Waals surface area contributed by atoms with Gasteiger partial charge in [0, 0.05) is 16.1 Å². The fourth-order valence-corrected chi connectivity index (χ4v) is 2.32.